The molecule has 0 unspecified atom stereocenters. The van der Waals surface area contributed by atoms with E-state index in [2.05, 4.69) is 9.72 Å². The van der Waals surface area contributed by atoms with E-state index >= 15 is 0 Å². The van der Waals surface area contributed by atoms with Crippen molar-refractivity contribution < 1.29 is 22.7 Å². The van der Waals surface area contributed by atoms with Crippen molar-refractivity contribution in [3.8, 4) is 0 Å². The molecule has 1 heterocycles. The van der Waals surface area contributed by atoms with Crippen molar-refractivity contribution in [3.63, 3.8) is 0 Å². The minimum atomic E-state index is -2.92. The van der Waals surface area contributed by atoms with E-state index < -0.39 is 23.8 Å². The first-order chi connectivity index (χ1) is 7.45. The summed E-state index contributed by atoms with van der Waals surface area (Å²) in [4.78, 5) is 14.6. The molecule has 0 aromatic carbocycles. The Labute approximate surface area is 90.2 Å². The molecule has 3 nitrogen and oxygen atoms in total. The van der Waals surface area contributed by atoms with Crippen LogP contribution in [0.2, 0.25) is 0 Å². The van der Waals surface area contributed by atoms with Crippen LogP contribution in [0.4, 0.5) is 13.2 Å². The van der Waals surface area contributed by atoms with Gasteiger partial charge in [-0.1, -0.05) is 0 Å². The van der Waals surface area contributed by atoms with Crippen LogP contribution in [-0.4, -0.2) is 18.1 Å². The van der Waals surface area contributed by atoms with Crippen molar-refractivity contribution in [1.29, 1.82) is 0 Å². The minimum absolute atomic E-state index is 0.0752. The largest absolute Gasteiger partial charge is 0.469 e. The van der Waals surface area contributed by atoms with E-state index in [1.807, 2.05) is 0 Å². The molecule has 1 aromatic heterocycles. The van der Waals surface area contributed by atoms with Gasteiger partial charge in [-0.15, -0.1) is 0 Å². The molecule has 0 radical (unpaired) electrons. The zero-order valence-corrected chi connectivity index (χ0v) is 8.76. The van der Waals surface area contributed by atoms with Crippen molar-refractivity contribution in [2.45, 2.75) is 19.8 Å². The molecule has 6 heteroatoms. The molecule has 0 atom stereocenters. The molecular weight excluding hydrogens is 223 g/mol. The first-order valence-electron chi connectivity index (χ1n) is 4.46. The molecule has 1 rings (SSSR count). The number of aromatic nitrogens is 1. The van der Waals surface area contributed by atoms with Gasteiger partial charge in [0.2, 0.25) is 0 Å². The average molecular weight is 233 g/mol. The van der Waals surface area contributed by atoms with Crippen LogP contribution < -0.4 is 0 Å². The van der Waals surface area contributed by atoms with Crippen molar-refractivity contribution in [3.05, 3.63) is 28.8 Å². The summed E-state index contributed by atoms with van der Waals surface area (Å²) in [6.07, 6.45) is -3.16. The number of carbonyl (C=O) groups is 1. The normalized spacial score (nSPS) is 10.6. The summed E-state index contributed by atoms with van der Waals surface area (Å²) in [5, 5.41) is 0. The van der Waals surface area contributed by atoms with Crippen LogP contribution in [0.3, 0.4) is 0 Å². The van der Waals surface area contributed by atoms with Crippen molar-refractivity contribution in [2.75, 3.05) is 7.11 Å². The van der Waals surface area contributed by atoms with Gasteiger partial charge in [-0.3, -0.25) is 9.78 Å². The first kappa shape index (κ1) is 12.5. The highest BCUT2D eigenvalue weighted by molar-refractivity contribution is 5.71. The summed E-state index contributed by atoms with van der Waals surface area (Å²) in [5.41, 5.74) is -0.770. The Kier molecular flexibility index (Phi) is 3.87. The van der Waals surface area contributed by atoms with Crippen LogP contribution >= 0.6 is 0 Å². The average Bonchev–Trinajstić information content (AvgIpc) is 2.15. The summed E-state index contributed by atoms with van der Waals surface area (Å²) in [6.45, 7) is 1.27. The van der Waals surface area contributed by atoms with Crippen LogP contribution in [0.5, 0.6) is 0 Å². The topological polar surface area (TPSA) is 39.2 Å². The van der Waals surface area contributed by atoms with Gasteiger partial charge in [-0.2, -0.15) is 0 Å². The Morgan fingerprint density at radius 3 is 2.62 bits per heavy atom. The first-order valence-corrected chi connectivity index (χ1v) is 4.46. The Morgan fingerprint density at radius 2 is 2.19 bits per heavy atom. The van der Waals surface area contributed by atoms with E-state index in [0.29, 0.717) is 0 Å². The molecule has 1 aromatic rings. The number of aryl methyl sites for hydroxylation is 1. The Bertz CT molecular complexity index is 384. The molecule has 0 aliphatic carbocycles. The number of carbonyl (C=O) groups excluding carboxylic acids is 1. The number of rotatable bonds is 3. The lowest BCUT2D eigenvalue weighted by molar-refractivity contribution is -0.139. The summed E-state index contributed by atoms with van der Waals surface area (Å²) in [7, 11) is 1.18. The van der Waals surface area contributed by atoms with Gasteiger partial charge in [0.05, 0.1) is 24.8 Å². The van der Waals surface area contributed by atoms with Crippen LogP contribution in [0.15, 0.2) is 6.07 Å². The maximum Gasteiger partial charge on any atom is 0.311 e. The number of pyridine rings is 1. The van der Waals surface area contributed by atoms with E-state index in [4.69, 9.17) is 0 Å². The SMILES string of the molecule is COC(=O)Cc1cc(F)c(C(F)F)c(C)n1. The standard InChI is InChI=1S/C10H10F3NO2/c1-5-9(10(12)13)7(11)3-6(14-5)4-8(15)16-2/h3,10H,4H2,1-2H3. The highest BCUT2D eigenvalue weighted by Gasteiger charge is 2.19. The zero-order chi connectivity index (χ0) is 12.3. The van der Waals surface area contributed by atoms with Crippen LogP contribution in [0, 0.1) is 12.7 Å². The lowest BCUT2D eigenvalue weighted by Gasteiger charge is -2.07. The van der Waals surface area contributed by atoms with Crippen LogP contribution in [0.25, 0.3) is 0 Å². The molecule has 0 saturated carbocycles. The molecular formula is C10H10F3NO2. The van der Waals surface area contributed by atoms with Crippen molar-refractivity contribution >= 4 is 5.97 Å². The third-order valence-corrected chi connectivity index (χ3v) is 2.02. The molecule has 0 aliphatic rings. The van der Waals surface area contributed by atoms with E-state index in [1.165, 1.54) is 14.0 Å². The predicted octanol–water partition coefficient (Wildman–Crippen LogP) is 2.18. The maximum absolute atomic E-state index is 13.2. The van der Waals surface area contributed by atoms with Gasteiger partial charge >= 0.3 is 5.97 Å². The van der Waals surface area contributed by atoms with E-state index in [9.17, 15) is 18.0 Å². The highest BCUT2D eigenvalue weighted by atomic mass is 19.3. The second-order valence-corrected chi connectivity index (χ2v) is 3.15. The molecule has 0 bridgehead atoms. The van der Waals surface area contributed by atoms with E-state index in [1.54, 1.807) is 0 Å². The molecule has 0 amide bonds. The molecule has 0 spiro atoms. The smallest absolute Gasteiger partial charge is 0.311 e. The summed E-state index contributed by atoms with van der Waals surface area (Å²) >= 11 is 0. The molecule has 88 valence electrons. The molecule has 0 fully saturated rings. The third-order valence-electron chi connectivity index (χ3n) is 2.02. The quantitative estimate of drug-likeness (QED) is 0.751. The Hall–Kier alpha value is -1.59. The molecule has 0 aliphatic heterocycles. The Balaban J connectivity index is 3.05. The number of alkyl halides is 2. The van der Waals surface area contributed by atoms with Gasteiger partial charge < -0.3 is 4.74 Å². The highest BCUT2D eigenvalue weighted by Crippen LogP contribution is 2.25. The second kappa shape index (κ2) is 4.96. The van der Waals surface area contributed by atoms with Crippen LogP contribution in [0.1, 0.15) is 23.4 Å². The Morgan fingerprint density at radius 1 is 1.56 bits per heavy atom. The number of halogens is 3. The van der Waals surface area contributed by atoms with E-state index in [0.717, 1.165) is 6.07 Å². The van der Waals surface area contributed by atoms with Crippen LogP contribution in [-0.2, 0) is 16.0 Å². The van der Waals surface area contributed by atoms with Gasteiger partial charge in [0.25, 0.3) is 6.43 Å². The molecule has 0 saturated heterocycles. The summed E-state index contributed by atoms with van der Waals surface area (Å²) in [5.74, 6) is -1.66. The number of ether oxygens (including phenoxy) is 1. The van der Waals surface area contributed by atoms with Gasteiger partial charge in [-0.05, 0) is 13.0 Å². The summed E-state index contributed by atoms with van der Waals surface area (Å²) in [6, 6.07) is 0.825. The van der Waals surface area contributed by atoms with Crippen molar-refractivity contribution in [2.24, 2.45) is 0 Å². The van der Waals surface area contributed by atoms with Gasteiger partial charge in [0.1, 0.15) is 5.82 Å². The molecule has 0 N–H and O–H groups in total. The fourth-order valence-corrected chi connectivity index (χ4v) is 1.28. The van der Waals surface area contributed by atoms with E-state index in [-0.39, 0.29) is 17.8 Å². The lowest BCUT2D eigenvalue weighted by Crippen LogP contribution is -2.09. The molecule has 16 heavy (non-hydrogen) atoms. The van der Waals surface area contributed by atoms with Crippen molar-refractivity contribution in [1.82, 2.24) is 4.98 Å². The van der Waals surface area contributed by atoms with Gasteiger partial charge in [0.15, 0.2) is 0 Å². The number of hydrogen-bond donors (Lipinski definition) is 0. The number of nitrogens with zero attached hydrogens (tertiary/aromatic N) is 1. The van der Waals surface area contributed by atoms with Gasteiger partial charge in [-0.25, -0.2) is 13.2 Å². The monoisotopic (exact) mass is 233 g/mol. The third kappa shape index (κ3) is 2.71. The lowest BCUT2D eigenvalue weighted by atomic mass is 10.1. The number of esters is 1. The zero-order valence-electron chi connectivity index (χ0n) is 8.76. The summed E-state index contributed by atoms with van der Waals surface area (Å²) < 4.78 is 42.4. The number of hydrogen-bond acceptors (Lipinski definition) is 3. The second-order valence-electron chi connectivity index (χ2n) is 3.15. The maximum atomic E-state index is 13.2. The fraction of sp³-hybridized carbons (Fsp3) is 0.400. The number of methoxy groups -OCH3 is 1. The predicted molar refractivity (Wildman–Crippen MR) is 49.6 cm³/mol. The fourth-order valence-electron chi connectivity index (χ4n) is 1.28. The van der Waals surface area contributed by atoms with Gasteiger partial charge in [0, 0.05) is 5.69 Å². The minimum Gasteiger partial charge on any atom is -0.469 e.